The number of fused-ring (bicyclic) bond motifs is 2. The average Bonchev–Trinajstić information content (AvgIpc) is 2.88. The third-order valence-electron chi connectivity index (χ3n) is 4.65. The second-order valence-electron chi connectivity index (χ2n) is 5.81. The third-order valence-corrected chi connectivity index (χ3v) is 4.65. The van der Waals surface area contributed by atoms with Gasteiger partial charge in [-0.05, 0) is 56.9 Å². The van der Waals surface area contributed by atoms with Gasteiger partial charge in [-0.3, -0.25) is 0 Å². The lowest BCUT2D eigenvalue weighted by Gasteiger charge is -2.32. The number of aliphatic hydroxyl groups is 1. The molecule has 0 aliphatic heterocycles. The van der Waals surface area contributed by atoms with Crippen molar-refractivity contribution in [2.75, 3.05) is 13.2 Å². The smallest absolute Gasteiger partial charge is 0.0448 e. The van der Waals surface area contributed by atoms with Crippen LogP contribution in [0.1, 0.15) is 39.5 Å². The van der Waals surface area contributed by atoms with Gasteiger partial charge < -0.3 is 10.4 Å². The second-order valence-corrected chi connectivity index (χ2v) is 5.81. The maximum Gasteiger partial charge on any atom is 0.0448 e. The van der Waals surface area contributed by atoms with Crippen LogP contribution in [0.4, 0.5) is 0 Å². The fourth-order valence-electron chi connectivity index (χ4n) is 3.14. The number of allylic oxidation sites excluding steroid dienone is 2. The highest BCUT2D eigenvalue weighted by atomic mass is 16.3. The summed E-state index contributed by atoms with van der Waals surface area (Å²) in [7, 11) is 0. The quantitative estimate of drug-likeness (QED) is 0.677. The summed E-state index contributed by atoms with van der Waals surface area (Å²) in [5, 5.41) is 12.8. The van der Waals surface area contributed by atoms with Gasteiger partial charge in [0.25, 0.3) is 0 Å². The number of hydrogen-bond donors (Lipinski definition) is 2. The lowest BCUT2D eigenvalue weighted by atomic mass is 9.90. The Kier molecular flexibility index (Phi) is 3.70. The molecule has 92 valence electrons. The molecule has 2 rings (SSSR count). The van der Waals surface area contributed by atoms with E-state index in [-0.39, 0.29) is 12.1 Å². The Balaban J connectivity index is 1.80. The van der Waals surface area contributed by atoms with Crippen LogP contribution >= 0.6 is 0 Å². The van der Waals surface area contributed by atoms with Gasteiger partial charge >= 0.3 is 0 Å². The van der Waals surface area contributed by atoms with Crippen LogP contribution < -0.4 is 5.32 Å². The van der Waals surface area contributed by atoms with Gasteiger partial charge in [0, 0.05) is 12.1 Å². The highest BCUT2D eigenvalue weighted by Crippen LogP contribution is 2.43. The van der Waals surface area contributed by atoms with Crippen LogP contribution in [0.25, 0.3) is 0 Å². The molecular weight excluding hydrogens is 198 g/mol. The van der Waals surface area contributed by atoms with E-state index >= 15 is 0 Å². The summed E-state index contributed by atoms with van der Waals surface area (Å²) in [6.45, 7) is 5.83. The Morgan fingerprint density at radius 2 is 2.19 bits per heavy atom. The van der Waals surface area contributed by atoms with Gasteiger partial charge in [0.05, 0.1) is 0 Å². The maximum atomic E-state index is 9.08. The summed E-state index contributed by atoms with van der Waals surface area (Å²) in [5.74, 6) is 2.52. The second kappa shape index (κ2) is 4.89. The summed E-state index contributed by atoms with van der Waals surface area (Å²) >= 11 is 0. The van der Waals surface area contributed by atoms with E-state index in [1.54, 1.807) is 0 Å². The van der Waals surface area contributed by atoms with E-state index < -0.39 is 0 Å². The lowest BCUT2D eigenvalue weighted by molar-refractivity contribution is 0.206. The number of nitrogens with one attached hydrogen (secondary N) is 1. The van der Waals surface area contributed by atoms with Gasteiger partial charge in [0.1, 0.15) is 0 Å². The molecule has 0 heterocycles. The zero-order chi connectivity index (χ0) is 11.6. The highest BCUT2D eigenvalue weighted by molar-refractivity contribution is 5.10. The molecule has 2 bridgehead atoms. The molecule has 0 saturated heterocycles. The first-order chi connectivity index (χ1) is 7.67. The standard InChI is InChI=1S/C14H25NO/c1-3-14(2,6-7-16)15-10-13-9-11-4-5-12(13)8-11/h4-5,11-13,15-16H,3,6-10H2,1-2H3. The number of rotatable bonds is 6. The molecule has 1 saturated carbocycles. The molecule has 2 aliphatic rings. The predicted molar refractivity (Wildman–Crippen MR) is 67.2 cm³/mol. The van der Waals surface area contributed by atoms with Crippen molar-refractivity contribution in [1.29, 1.82) is 0 Å². The first-order valence-electron chi connectivity index (χ1n) is 6.71. The third kappa shape index (κ3) is 2.49. The number of hydrogen-bond acceptors (Lipinski definition) is 2. The van der Waals surface area contributed by atoms with Crippen LogP contribution in [-0.2, 0) is 0 Å². The largest absolute Gasteiger partial charge is 0.396 e. The van der Waals surface area contributed by atoms with E-state index in [1.165, 1.54) is 12.8 Å². The molecule has 0 spiro atoms. The Bertz CT molecular complexity index is 263. The average molecular weight is 223 g/mol. The lowest BCUT2D eigenvalue weighted by Crippen LogP contribution is -2.45. The van der Waals surface area contributed by atoms with Crippen molar-refractivity contribution < 1.29 is 5.11 Å². The normalized spacial score (nSPS) is 35.6. The fourth-order valence-corrected chi connectivity index (χ4v) is 3.14. The predicted octanol–water partition coefficient (Wildman–Crippen LogP) is 2.34. The van der Waals surface area contributed by atoms with Crippen LogP contribution in [-0.4, -0.2) is 23.8 Å². The van der Waals surface area contributed by atoms with E-state index in [9.17, 15) is 0 Å². The van der Waals surface area contributed by atoms with E-state index in [0.717, 1.165) is 37.1 Å². The van der Waals surface area contributed by atoms with Crippen molar-refractivity contribution >= 4 is 0 Å². The van der Waals surface area contributed by atoms with Crippen LogP contribution in [0.2, 0.25) is 0 Å². The van der Waals surface area contributed by atoms with Gasteiger partial charge in [-0.2, -0.15) is 0 Å². The van der Waals surface area contributed by atoms with Crippen LogP contribution in [0, 0.1) is 17.8 Å². The molecule has 4 unspecified atom stereocenters. The van der Waals surface area contributed by atoms with Crippen molar-refractivity contribution in [1.82, 2.24) is 5.32 Å². The summed E-state index contributed by atoms with van der Waals surface area (Å²) in [5.41, 5.74) is 0.125. The summed E-state index contributed by atoms with van der Waals surface area (Å²) in [6, 6.07) is 0. The van der Waals surface area contributed by atoms with Gasteiger partial charge in [-0.1, -0.05) is 19.1 Å². The van der Waals surface area contributed by atoms with Crippen LogP contribution in [0.3, 0.4) is 0 Å². The van der Waals surface area contributed by atoms with Crippen molar-refractivity contribution in [3.8, 4) is 0 Å². The molecular formula is C14H25NO. The van der Waals surface area contributed by atoms with Gasteiger partial charge in [-0.25, -0.2) is 0 Å². The zero-order valence-corrected chi connectivity index (χ0v) is 10.6. The maximum absolute atomic E-state index is 9.08. The van der Waals surface area contributed by atoms with E-state index in [0.29, 0.717) is 0 Å². The monoisotopic (exact) mass is 223 g/mol. The van der Waals surface area contributed by atoms with E-state index in [2.05, 4.69) is 31.3 Å². The minimum Gasteiger partial charge on any atom is -0.396 e. The molecule has 4 atom stereocenters. The van der Waals surface area contributed by atoms with Gasteiger partial charge in [0.2, 0.25) is 0 Å². The molecule has 2 nitrogen and oxygen atoms in total. The summed E-state index contributed by atoms with van der Waals surface area (Å²) < 4.78 is 0. The van der Waals surface area contributed by atoms with Crippen molar-refractivity contribution in [3.63, 3.8) is 0 Å². The minimum absolute atomic E-state index is 0.125. The van der Waals surface area contributed by atoms with Crippen molar-refractivity contribution in [2.24, 2.45) is 17.8 Å². The molecule has 0 aromatic rings. The van der Waals surface area contributed by atoms with Gasteiger partial charge in [-0.15, -0.1) is 0 Å². The molecule has 2 N–H and O–H groups in total. The minimum atomic E-state index is 0.125. The Hall–Kier alpha value is -0.340. The molecule has 2 heteroatoms. The zero-order valence-electron chi connectivity index (χ0n) is 10.6. The van der Waals surface area contributed by atoms with Crippen molar-refractivity contribution in [2.45, 2.75) is 45.1 Å². The molecule has 0 amide bonds. The summed E-state index contributed by atoms with van der Waals surface area (Å²) in [4.78, 5) is 0. The van der Waals surface area contributed by atoms with Crippen LogP contribution in [0.15, 0.2) is 12.2 Å². The molecule has 0 aromatic carbocycles. The summed E-state index contributed by atoms with van der Waals surface area (Å²) in [6.07, 6.45) is 9.51. The van der Waals surface area contributed by atoms with Crippen molar-refractivity contribution in [3.05, 3.63) is 12.2 Å². The highest BCUT2D eigenvalue weighted by Gasteiger charge is 2.36. The molecule has 2 aliphatic carbocycles. The van der Waals surface area contributed by atoms with Gasteiger partial charge in [0.15, 0.2) is 0 Å². The first-order valence-corrected chi connectivity index (χ1v) is 6.71. The first kappa shape index (κ1) is 12.1. The molecule has 0 radical (unpaired) electrons. The molecule has 0 aromatic heterocycles. The Morgan fingerprint density at radius 1 is 1.38 bits per heavy atom. The van der Waals surface area contributed by atoms with E-state index in [1.807, 2.05) is 0 Å². The molecule has 1 fully saturated rings. The van der Waals surface area contributed by atoms with Crippen LogP contribution in [0.5, 0.6) is 0 Å². The van der Waals surface area contributed by atoms with E-state index in [4.69, 9.17) is 5.11 Å². The topological polar surface area (TPSA) is 32.3 Å². The number of aliphatic hydroxyl groups excluding tert-OH is 1. The molecule has 16 heavy (non-hydrogen) atoms. The SMILES string of the molecule is CCC(C)(CCO)NCC1CC2C=CC1C2. The Labute approximate surface area is 99.1 Å². The fraction of sp³-hybridized carbons (Fsp3) is 0.857. The Morgan fingerprint density at radius 3 is 2.69 bits per heavy atom.